The van der Waals surface area contributed by atoms with Crippen molar-refractivity contribution in [2.75, 3.05) is 0 Å². The lowest BCUT2D eigenvalue weighted by molar-refractivity contribution is 0.0619. The molecular weight excluding hydrogens is 184 g/mol. The molecule has 1 aromatic heterocycles. The van der Waals surface area contributed by atoms with Gasteiger partial charge in [0.05, 0.1) is 6.10 Å². The van der Waals surface area contributed by atoms with Crippen LogP contribution >= 0.6 is 11.3 Å². The second-order valence-corrected chi connectivity index (χ2v) is 4.53. The van der Waals surface area contributed by atoms with Crippen molar-refractivity contribution in [2.24, 2.45) is 0 Å². The molecule has 0 aliphatic heterocycles. The topological polar surface area (TPSA) is 45.1 Å². The minimum atomic E-state index is -0.0736. The van der Waals surface area contributed by atoms with Gasteiger partial charge in [0.2, 0.25) is 0 Å². The molecule has 0 spiro atoms. The Morgan fingerprint density at radius 2 is 2.46 bits per heavy atom. The lowest BCUT2D eigenvalue weighted by Gasteiger charge is -2.31. The van der Waals surface area contributed by atoms with Gasteiger partial charge in [-0.2, -0.15) is 0 Å². The molecule has 1 fully saturated rings. The van der Waals surface area contributed by atoms with E-state index in [-0.39, 0.29) is 6.10 Å². The predicted molar refractivity (Wildman–Crippen MR) is 52.7 cm³/mol. The van der Waals surface area contributed by atoms with Gasteiger partial charge in [0, 0.05) is 23.7 Å². The summed E-state index contributed by atoms with van der Waals surface area (Å²) in [5.74, 6) is 0. The van der Waals surface area contributed by atoms with Crippen molar-refractivity contribution in [1.82, 2.24) is 10.3 Å². The molecule has 0 saturated heterocycles. The largest absolute Gasteiger partial charge is 0.393 e. The van der Waals surface area contributed by atoms with Crippen LogP contribution in [0.3, 0.4) is 0 Å². The minimum Gasteiger partial charge on any atom is -0.393 e. The Balaban J connectivity index is 1.74. The molecule has 4 heteroatoms. The van der Waals surface area contributed by atoms with Crippen LogP contribution in [0.4, 0.5) is 0 Å². The maximum Gasteiger partial charge on any atom is 0.107 e. The highest BCUT2D eigenvalue weighted by Crippen LogP contribution is 2.20. The first-order chi connectivity index (χ1) is 6.24. The Kier molecular flexibility index (Phi) is 2.62. The van der Waals surface area contributed by atoms with Gasteiger partial charge in [-0.15, -0.1) is 11.3 Å². The molecule has 72 valence electrons. The van der Waals surface area contributed by atoms with Gasteiger partial charge in [-0.1, -0.05) is 0 Å². The highest BCUT2D eigenvalue weighted by atomic mass is 32.1. The molecule has 1 aliphatic carbocycles. The fourth-order valence-corrected chi connectivity index (χ4v) is 2.19. The van der Waals surface area contributed by atoms with Crippen molar-refractivity contribution in [3.8, 4) is 0 Å². The predicted octanol–water partition coefficient (Wildman–Crippen LogP) is 1.06. The highest BCUT2D eigenvalue weighted by Gasteiger charge is 2.26. The number of aromatic nitrogens is 1. The average molecular weight is 198 g/mol. The summed E-state index contributed by atoms with van der Waals surface area (Å²) in [4.78, 5) is 4.35. The van der Waals surface area contributed by atoms with Crippen LogP contribution in [0.1, 0.15) is 23.5 Å². The van der Waals surface area contributed by atoms with E-state index in [1.807, 2.05) is 6.92 Å². The van der Waals surface area contributed by atoms with E-state index in [0.717, 1.165) is 30.1 Å². The zero-order valence-corrected chi connectivity index (χ0v) is 8.47. The van der Waals surface area contributed by atoms with E-state index >= 15 is 0 Å². The fraction of sp³-hybridized carbons (Fsp3) is 0.667. The molecule has 13 heavy (non-hydrogen) atoms. The molecule has 3 nitrogen and oxygen atoms in total. The van der Waals surface area contributed by atoms with Gasteiger partial charge in [0.25, 0.3) is 0 Å². The monoisotopic (exact) mass is 198 g/mol. The van der Waals surface area contributed by atoms with Crippen LogP contribution in [0.25, 0.3) is 0 Å². The Bertz CT molecular complexity index is 281. The van der Waals surface area contributed by atoms with Crippen LogP contribution in [0.2, 0.25) is 0 Å². The minimum absolute atomic E-state index is 0.0736. The van der Waals surface area contributed by atoms with Crippen LogP contribution in [-0.2, 0) is 6.54 Å². The number of hydrogen-bond donors (Lipinski definition) is 2. The second-order valence-electron chi connectivity index (χ2n) is 3.59. The number of nitrogens with one attached hydrogen (secondary N) is 1. The number of nitrogens with zero attached hydrogens (tertiary/aromatic N) is 1. The normalized spacial score (nSPS) is 27.2. The van der Waals surface area contributed by atoms with Crippen LogP contribution in [0.15, 0.2) is 5.38 Å². The van der Waals surface area contributed by atoms with Crippen LogP contribution in [0, 0.1) is 6.92 Å². The van der Waals surface area contributed by atoms with E-state index in [1.165, 1.54) is 0 Å². The molecule has 2 N–H and O–H groups in total. The summed E-state index contributed by atoms with van der Waals surface area (Å²) in [6.07, 6.45) is 1.71. The number of aliphatic hydroxyl groups is 1. The van der Waals surface area contributed by atoms with E-state index in [9.17, 15) is 0 Å². The van der Waals surface area contributed by atoms with Crippen LogP contribution in [-0.4, -0.2) is 22.2 Å². The number of thiazole rings is 1. The fourth-order valence-electron chi connectivity index (χ4n) is 1.47. The third kappa shape index (κ3) is 2.27. The molecule has 1 saturated carbocycles. The van der Waals surface area contributed by atoms with E-state index in [4.69, 9.17) is 5.11 Å². The average Bonchev–Trinajstić information content (AvgIpc) is 2.43. The lowest BCUT2D eigenvalue weighted by atomic mass is 9.90. The van der Waals surface area contributed by atoms with E-state index < -0.39 is 0 Å². The maximum atomic E-state index is 9.07. The van der Waals surface area contributed by atoms with E-state index in [1.54, 1.807) is 11.3 Å². The Labute approximate surface area is 81.8 Å². The summed E-state index contributed by atoms with van der Waals surface area (Å²) >= 11 is 1.69. The third-order valence-corrected chi connectivity index (χ3v) is 3.29. The van der Waals surface area contributed by atoms with Crippen molar-refractivity contribution >= 4 is 11.3 Å². The standard InChI is InChI=1S/C9H14N2OS/c1-6-5-13-9(11-6)4-10-7-2-8(12)3-7/h5,7-8,10,12H,2-4H2,1H3. The van der Waals surface area contributed by atoms with E-state index in [2.05, 4.69) is 15.7 Å². The first-order valence-corrected chi connectivity index (χ1v) is 5.44. The third-order valence-electron chi connectivity index (χ3n) is 2.32. The second kappa shape index (κ2) is 3.74. The molecule has 0 radical (unpaired) electrons. The number of aryl methyl sites for hydroxylation is 1. The summed E-state index contributed by atoms with van der Waals surface area (Å²) < 4.78 is 0. The van der Waals surface area contributed by atoms with Crippen molar-refractivity contribution < 1.29 is 5.11 Å². The van der Waals surface area contributed by atoms with Crippen molar-refractivity contribution in [2.45, 2.75) is 38.5 Å². The summed E-state index contributed by atoms with van der Waals surface area (Å²) in [5.41, 5.74) is 1.09. The number of rotatable bonds is 3. The van der Waals surface area contributed by atoms with Crippen molar-refractivity contribution in [3.05, 3.63) is 16.1 Å². The lowest BCUT2D eigenvalue weighted by Crippen LogP contribution is -2.43. The highest BCUT2D eigenvalue weighted by molar-refractivity contribution is 7.09. The zero-order chi connectivity index (χ0) is 9.26. The Morgan fingerprint density at radius 1 is 1.69 bits per heavy atom. The molecule has 0 unspecified atom stereocenters. The molecule has 0 atom stereocenters. The molecule has 2 rings (SSSR count). The summed E-state index contributed by atoms with van der Waals surface area (Å²) in [5, 5.41) is 15.6. The smallest absolute Gasteiger partial charge is 0.107 e. The summed E-state index contributed by atoms with van der Waals surface area (Å²) in [6, 6.07) is 0.499. The molecule has 0 amide bonds. The van der Waals surface area contributed by atoms with Gasteiger partial charge in [0.1, 0.15) is 5.01 Å². The van der Waals surface area contributed by atoms with Crippen molar-refractivity contribution in [1.29, 1.82) is 0 Å². The Morgan fingerprint density at radius 3 is 3.00 bits per heavy atom. The van der Waals surface area contributed by atoms with Crippen molar-refractivity contribution in [3.63, 3.8) is 0 Å². The van der Waals surface area contributed by atoms with Gasteiger partial charge in [-0.05, 0) is 19.8 Å². The maximum absolute atomic E-state index is 9.07. The molecule has 1 heterocycles. The van der Waals surface area contributed by atoms with Gasteiger partial charge >= 0.3 is 0 Å². The quantitative estimate of drug-likeness (QED) is 0.763. The number of hydrogen-bond acceptors (Lipinski definition) is 4. The first-order valence-electron chi connectivity index (χ1n) is 4.56. The molecule has 0 bridgehead atoms. The van der Waals surface area contributed by atoms with Crippen LogP contribution < -0.4 is 5.32 Å². The number of aliphatic hydroxyl groups excluding tert-OH is 1. The first kappa shape index (κ1) is 9.12. The Hall–Kier alpha value is -0.450. The van der Waals surface area contributed by atoms with Gasteiger partial charge in [0.15, 0.2) is 0 Å². The van der Waals surface area contributed by atoms with Gasteiger partial charge in [-0.3, -0.25) is 0 Å². The molecule has 1 aromatic rings. The van der Waals surface area contributed by atoms with Gasteiger partial charge in [-0.25, -0.2) is 4.98 Å². The summed E-state index contributed by atoms with van der Waals surface area (Å²) in [7, 11) is 0. The molecular formula is C9H14N2OS. The van der Waals surface area contributed by atoms with Gasteiger partial charge < -0.3 is 10.4 Å². The van der Waals surface area contributed by atoms with E-state index in [0.29, 0.717) is 6.04 Å². The van der Waals surface area contributed by atoms with Crippen LogP contribution in [0.5, 0.6) is 0 Å². The molecule has 1 aliphatic rings. The summed E-state index contributed by atoms with van der Waals surface area (Å²) in [6.45, 7) is 2.85. The molecule has 0 aromatic carbocycles. The zero-order valence-electron chi connectivity index (χ0n) is 7.66. The SMILES string of the molecule is Cc1csc(CNC2CC(O)C2)n1.